The van der Waals surface area contributed by atoms with E-state index in [0.29, 0.717) is 21.4 Å². The van der Waals surface area contributed by atoms with E-state index in [2.05, 4.69) is 21.2 Å². The fraction of sp³-hybridized carbons (Fsp3) is 0. The Balaban J connectivity index is 1.90. The van der Waals surface area contributed by atoms with Crippen LogP contribution in [0.3, 0.4) is 0 Å². The second kappa shape index (κ2) is 5.71. The van der Waals surface area contributed by atoms with Crippen LogP contribution in [-0.2, 0) is 4.79 Å². The zero-order chi connectivity index (χ0) is 15.0. The van der Waals surface area contributed by atoms with Gasteiger partial charge in [0.05, 0.1) is 9.93 Å². The van der Waals surface area contributed by atoms with Crippen LogP contribution in [-0.4, -0.2) is 11.1 Å². The van der Waals surface area contributed by atoms with Crippen LogP contribution in [0, 0.1) is 0 Å². The third-order valence-electron chi connectivity index (χ3n) is 2.75. The van der Waals surface area contributed by atoms with Gasteiger partial charge in [-0.2, -0.15) is 0 Å². The van der Waals surface area contributed by atoms with Crippen molar-refractivity contribution in [3.05, 3.63) is 50.5 Å². The predicted molar refractivity (Wildman–Crippen MR) is 86.0 cm³/mol. The molecule has 3 rings (SSSR count). The molecule has 1 aliphatic rings. The lowest BCUT2D eigenvalue weighted by Crippen LogP contribution is -2.17. The minimum atomic E-state index is -0.408. The van der Waals surface area contributed by atoms with Crippen molar-refractivity contribution >= 4 is 56.5 Å². The normalized spacial score (nSPS) is 16.6. The third kappa shape index (κ3) is 3.07. The van der Waals surface area contributed by atoms with E-state index in [1.807, 2.05) is 12.1 Å². The monoisotopic (exact) mass is 383 g/mol. The van der Waals surface area contributed by atoms with Crippen molar-refractivity contribution < 1.29 is 14.0 Å². The van der Waals surface area contributed by atoms with E-state index in [-0.39, 0.29) is 5.24 Å². The zero-order valence-corrected chi connectivity index (χ0v) is 13.5. The number of carbonyl (C=O) groups excluding carboxylic acids is 2. The molecule has 1 fully saturated rings. The molecule has 0 unspecified atom stereocenters. The lowest BCUT2D eigenvalue weighted by atomic mass is 10.2. The number of hydrogen-bond acceptors (Lipinski definition) is 4. The Kier molecular flexibility index (Phi) is 3.93. The molecule has 2 amide bonds. The Morgan fingerprint density at radius 1 is 1.24 bits per heavy atom. The van der Waals surface area contributed by atoms with Gasteiger partial charge in [-0.3, -0.25) is 14.9 Å². The second-order valence-corrected chi connectivity index (χ2v) is 6.46. The van der Waals surface area contributed by atoms with Crippen molar-refractivity contribution in [1.29, 1.82) is 0 Å². The van der Waals surface area contributed by atoms with Gasteiger partial charge in [0.1, 0.15) is 11.5 Å². The maximum absolute atomic E-state index is 11.5. The van der Waals surface area contributed by atoms with Gasteiger partial charge in [-0.25, -0.2) is 0 Å². The third-order valence-corrected chi connectivity index (χ3v) is 4.79. The van der Waals surface area contributed by atoms with E-state index >= 15 is 0 Å². The minimum Gasteiger partial charge on any atom is -0.457 e. The van der Waals surface area contributed by atoms with Crippen molar-refractivity contribution in [1.82, 2.24) is 5.32 Å². The van der Waals surface area contributed by atoms with Crippen molar-refractivity contribution in [3.63, 3.8) is 0 Å². The van der Waals surface area contributed by atoms with Crippen LogP contribution in [0.25, 0.3) is 17.4 Å². The molecular weight excluding hydrogens is 378 g/mol. The van der Waals surface area contributed by atoms with Crippen LogP contribution in [0.2, 0.25) is 5.02 Å². The first-order chi connectivity index (χ1) is 10.0. The summed E-state index contributed by atoms with van der Waals surface area (Å²) in [6, 6.07) is 8.99. The molecule has 0 saturated carbocycles. The van der Waals surface area contributed by atoms with Gasteiger partial charge >= 0.3 is 0 Å². The van der Waals surface area contributed by atoms with Crippen LogP contribution in [0.5, 0.6) is 0 Å². The molecule has 1 saturated heterocycles. The number of amides is 2. The molecule has 0 spiro atoms. The smallest absolute Gasteiger partial charge is 0.290 e. The molecule has 1 aromatic carbocycles. The molecule has 2 aromatic rings. The lowest BCUT2D eigenvalue weighted by Gasteiger charge is -1.99. The summed E-state index contributed by atoms with van der Waals surface area (Å²) < 4.78 is 6.46. The van der Waals surface area contributed by atoms with Gasteiger partial charge in [0.25, 0.3) is 11.1 Å². The summed E-state index contributed by atoms with van der Waals surface area (Å²) in [5.41, 5.74) is 0.826. The van der Waals surface area contributed by atoms with Gasteiger partial charge in [-0.05, 0) is 52.0 Å². The zero-order valence-electron chi connectivity index (χ0n) is 10.4. The molecule has 7 heteroatoms. The number of thioether (sulfide) groups is 1. The lowest BCUT2D eigenvalue weighted by molar-refractivity contribution is -0.115. The number of benzene rings is 1. The average molecular weight is 385 g/mol. The van der Waals surface area contributed by atoms with Crippen LogP contribution >= 0.6 is 39.3 Å². The predicted octanol–water partition coefficient (Wildman–Crippen LogP) is 4.69. The van der Waals surface area contributed by atoms with Crippen LogP contribution in [0.1, 0.15) is 5.76 Å². The fourth-order valence-electron chi connectivity index (χ4n) is 1.79. The van der Waals surface area contributed by atoms with Crippen LogP contribution < -0.4 is 5.32 Å². The van der Waals surface area contributed by atoms with Crippen LogP contribution in [0.4, 0.5) is 4.79 Å². The molecule has 0 atom stereocenters. The number of carbonyl (C=O) groups is 2. The number of imide groups is 1. The molecule has 106 valence electrons. The standard InChI is InChI=1S/C14H7BrClNO3S/c15-9-3-1-7(5-10(9)16)11-4-2-8(20-11)6-12-13(18)17-14(19)21-12/h1-6H,(H,17,18,19)/b12-6+. The first-order valence-electron chi connectivity index (χ1n) is 5.83. The Morgan fingerprint density at radius 2 is 2.05 bits per heavy atom. The van der Waals surface area contributed by atoms with Gasteiger partial charge in [0.2, 0.25) is 0 Å². The molecule has 1 N–H and O–H groups in total. The maximum atomic E-state index is 11.5. The molecule has 2 heterocycles. The highest BCUT2D eigenvalue weighted by Crippen LogP contribution is 2.31. The molecule has 1 aromatic heterocycles. The van der Waals surface area contributed by atoms with Gasteiger partial charge < -0.3 is 4.42 Å². The topological polar surface area (TPSA) is 59.3 Å². The molecule has 0 radical (unpaired) electrons. The number of hydrogen-bond donors (Lipinski definition) is 1. The molecule has 21 heavy (non-hydrogen) atoms. The summed E-state index contributed by atoms with van der Waals surface area (Å²) in [6.07, 6.45) is 1.54. The second-order valence-electron chi connectivity index (χ2n) is 4.18. The van der Waals surface area contributed by atoms with Crippen LogP contribution in [0.15, 0.2) is 44.1 Å². The summed E-state index contributed by atoms with van der Waals surface area (Å²) >= 11 is 10.2. The molecular formula is C14H7BrClNO3S. The van der Waals surface area contributed by atoms with E-state index in [4.69, 9.17) is 16.0 Å². The Hall–Kier alpha value is -1.50. The van der Waals surface area contributed by atoms with Crippen molar-refractivity contribution in [2.75, 3.05) is 0 Å². The summed E-state index contributed by atoms with van der Waals surface area (Å²) in [6.45, 7) is 0. The van der Waals surface area contributed by atoms with Crippen molar-refractivity contribution in [3.8, 4) is 11.3 Å². The summed E-state index contributed by atoms with van der Waals surface area (Å²) in [7, 11) is 0. The Morgan fingerprint density at radius 3 is 2.71 bits per heavy atom. The summed E-state index contributed by atoms with van der Waals surface area (Å²) in [4.78, 5) is 22.9. The van der Waals surface area contributed by atoms with Gasteiger partial charge in [0.15, 0.2) is 0 Å². The number of furan rings is 1. The minimum absolute atomic E-state index is 0.315. The molecule has 0 bridgehead atoms. The fourth-order valence-corrected chi connectivity index (χ4v) is 2.87. The van der Waals surface area contributed by atoms with Crippen molar-refractivity contribution in [2.24, 2.45) is 0 Å². The van der Waals surface area contributed by atoms with Gasteiger partial charge in [0, 0.05) is 16.1 Å². The van der Waals surface area contributed by atoms with Gasteiger partial charge in [-0.15, -0.1) is 0 Å². The van der Waals surface area contributed by atoms with Crippen molar-refractivity contribution in [2.45, 2.75) is 0 Å². The van der Waals surface area contributed by atoms with E-state index in [0.717, 1.165) is 21.8 Å². The highest BCUT2D eigenvalue weighted by atomic mass is 79.9. The first-order valence-corrected chi connectivity index (χ1v) is 7.82. The number of rotatable bonds is 2. The van der Waals surface area contributed by atoms with Gasteiger partial charge in [-0.1, -0.05) is 17.7 Å². The summed E-state index contributed by atoms with van der Waals surface area (Å²) in [5, 5.41) is 2.40. The van der Waals surface area contributed by atoms with E-state index < -0.39 is 5.91 Å². The molecule has 0 aliphatic carbocycles. The number of halogens is 2. The van der Waals surface area contributed by atoms with E-state index in [1.165, 1.54) is 6.08 Å². The Bertz CT molecular complexity index is 784. The maximum Gasteiger partial charge on any atom is 0.290 e. The number of nitrogens with one attached hydrogen (secondary N) is 1. The highest BCUT2D eigenvalue weighted by Gasteiger charge is 2.25. The average Bonchev–Trinajstić information content (AvgIpc) is 3.01. The largest absolute Gasteiger partial charge is 0.457 e. The SMILES string of the molecule is O=C1NC(=O)/C(=C\c2ccc(-c3ccc(Br)c(Cl)c3)o2)S1. The van der Waals surface area contributed by atoms with E-state index in [9.17, 15) is 9.59 Å². The van der Waals surface area contributed by atoms with E-state index in [1.54, 1.807) is 18.2 Å². The molecule has 1 aliphatic heterocycles. The quantitative estimate of drug-likeness (QED) is 0.763. The first kappa shape index (κ1) is 14.4. The highest BCUT2D eigenvalue weighted by molar-refractivity contribution is 9.10. The molecule has 4 nitrogen and oxygen atoms in total. The summed E-state index contributed by atoms with van der Waals surface area (Å²) in [5.74, 6) is 0.719. The Labute approximate surface area is 137 Å².